The Morgan fingerprint density at radius 3 is 2.97 bits per heavy atom. The van der Waals surface area contributed by atoms with Crippen molar-refractivity contribution in [2.45, 2.75) is 57.3 Å². The number of amides is 2. The number of nitrogens with zero attached hydrogens (tertiary/aromatic N) is 4. The predicted molar refractivity (Wildman–Crippen MR) is 101 cm³/mol. The number of urea groups is 1. The maximum Gasteiger partial charge on any atom is 0.322 e. The Hall–Kier alpha value is -2.14. The van der Waals surface area contributed by atoms with E-state index in [-0.39, 0.29) is 41.5 Å². The molecule has 2 aliphatic rings. The average Bonchev–Trinajstić information content (AvgIpc) is 2.95. The van der Waals surface area contributed by atoms with Gasteiger partial charge in [-0.2, -0.15) is 13.9 Å². The van der Waals surface area contributed by atoms with Crippen LogP contribution >= 0.6 is 15.9 Å². The summed E-state index contributed by atoms with van der Waals surface area (Å²) in [5, 5.41) is 16.6. The number of pyridine rings is 1. The molecule has 0 fully saturated rings. The molecular formula is C18H19BrF3N5O2. The number of alkyl halides is 2. The van der Waals surface area contributed by atoms with Crippen molar-refractivity contribution in [1.82, 2.24) is 19.7 Å². The van der Waals surface area contributed by atoms with Gasteiger partial charge in [-0.1, -0.05) is 0 Å². The molecule has 2 aliphatic heterocycles. The van der Waals surface area contributed by atoms with Gasteiger partial charge in [-0.15, -0.1) is 0 Å². The molecule has 29 heavy (non-hydrogen) atoms. The summed E-state index contributed by atoms with van der Waals surface area (Å²) < 4.78 is 45.0. The number of halogens is 4. The molecule has 2 N–H and O–H groups in total. The van der Waals surface area contributed by atoms with Gasteiger partial charge in [-0.3, -0.25) is 4.68 Å². The lowest BCUT2D eigenvalue weighted by Gasteiger charge is -2.33. The highest BCUT2D eigenvalue weighted by Gasteiger charge is 2.45. The summed E-state index contributed by atoms with van der Waals surface area (Å²) in [5.74, 6) is -3.97. The van der Waals surface area contributed by atoms with E-state index < -0.39 is 30.3 Å². The van der Waals surface area contributed by atoms with Crippen molar-refractivity contribution in [3.63, 3.8) is 0 Å². The van der Waals surface area contributed by atoms with E-state index in [1.165, 1.54) is 21.8 Å². The lowest BCUT2D eigenvalue weighted by atomic mass is 9.96. The van der Waals surface area contributed by atoms with Gasteiger partial charge in [-0.05, 0) is 35.3 Å². The second kappa shape index (κ2) is 7.28. The van der Waals surface area contributed by atoms with Crippen molar-refractivity contribution >= 4 is 27.6 Å². The molecule has 7 nitrogen and oxygen atoms in total. The zero-order valence-electron chi connectivity index (χ0n) is 15.5. The number of carbonyl (C=O) groups is 1. The monoisotopic (exact) mass is 473 g/mol. The molecule has 0 aromatic carbocycles. The molecule has 0 saturated heterocycles. The number of nitrogens with one attached hydrogen (secondary N) is 1. The van der Waals surface area contributed by atoms with Gasteiger partial charge in [0.1, 0.15) is 10.3 Å². The number of aliphatic hydroxyl groups excluding tert-OH is 1. The van der Waals surface area contributed by atoms with Crippen LogP contribution in [0.4, 0.5) is 23.7 Å². The van der Waals surface area contributed by atoms with Crippen LogP contribution in [0.2, 0.25) is 0 Å². The van der Waals surface area contributed by atoms with Crippen molar-refractivity contribution in [3.8, 4) is 0 Å². The molecule has 0 bridgehead atoms. The number of aryl methyl sites for hydroxylation is 1. The topological polar surface area (TPSA) is 83.3 Å². The molecule has 156 valence electrons. The van der Waals surface area contributed by atoms with Crippen molar-refractivity contribution in [1.29, 1.82) is 0 Å². The van der Waals surface area contributed by atoms with Crippen LogP contribution in [0.15, 0.2) is 16.9 Å². The minimum absolute atomic E-state index is 0.0376. The first-order valence-electron chi connectivity index (χ1n) is 9.20. The normalized spacial score (nSPS) is 23.2. The number of fused-ring (bicyclic) bond motifs is 3. The minimum Gasteiger partial charge on any atom is -0.393 e. The van der Waals surface area contributed by atoms with Gasteiger partial charge in [0.25, 0.3) is 5.92 Å². The van der Waals surface area contributed by atoms with Gasteiger partial charge in [0, 0.05) is 37.2 Å². The highest BCUT2D eigenvalue weighted by molar-refractivity contribution is 9.10. The molecule has 2 aromatic heterocycles. The Morgan fingerprint density at radius 1 is 1.45 bits per heavy atom. The lowest BCUT2D eigenvalue weighted by molar-refractivity contribution is -0.0509. The second-order valence-electron chi connectivity index (χ2n) is 7.42. The van der Waals surface area contributed by atoms with Crippen molar-refractivity contribution in [2.75, 3.05) is 5.32 Å². The Bertz CT molecular complexity index is 967. The fourth-order valence-corrected chi connectivity index (χ4v) is 4.24. The summed E-state index contributed by atoms with van der Waals surface area (Å²) in [4.78, 5) is 17.9. The summed E-state index contributed by atoms with van der Waals surface area (Å²) in [7, 11) is 0. The first-order valence-corrected chi connectivity index (χ1v) is 9.99. The standard InChI is InChI=1S/C18H19BrF3N5O2/c1-9-6-13-11(15-18(21,22)7-10(28)3-5-27(15)25-13)8-26(9)17(29)24-12-2-4-23-16(19)14(12)20/h2,4,9-10,28H,3,5-8H2,1H3,(H,23,24,29)/t9-,10+/m1/s1. The molecule has 0 saturated carbocycles. The fraction of sp³-hybridized carbons (Fsp3) is 0.500. The molecular weight excluding hydrogens is 455 g/mol. The highest BCUT2D eigenvalue weighted by Crippen LogP contribution is 2.41. The van der Waals surface area contributed by atoms with Crippen LogP contribution in [-0.4, -0.2) is 42.9 Å². The van der Waals surface area contributed by atoms with Crippen LogP contribution in [0.25, 0.3) is 0 Å². The molecule has 2 atom stereocenters. The number of aliphatic hydroxyl groups is 1. The molecule has 0 aliphatic carbocycles. The van der Waals surface area contributed by atoms with E-state index in [4.69, 9.17) is 0 Å². The molecule has 2 amide bonds. The smallest absolute Gasteiger partial charge is 0.322 e. The van der Waals surface area contributed by atoms with Gasteiger partial charge in [-0.25, -0.2) is 14.2 Å². The second-order valence-corrected chi connectivity index (χ2v) is 8.17. The van der Waals surface area contributed by atoms with Gasteiger partial charge in [0.15, 0.2) is 5.82 Å². The molecule has 4 heterocycles. The van der Waals surface area contributed by atoms with Crippen LogP contribution in [0.5, 0.6) is 0 Å². The number of hydrogen-bond acceptors (Lipinski definition) is 4. The number of aromatic nitrogens is 3. The van der Waals surface area contributed by atoms with Gasteiger partial charge < -0.3 is 15.3 Å². The van der Waals surface area contributed by atoms with Crippen LogP contribution in [0, 0.1) is 5.82 Å². The first-order chi connectivity index (χ1) is 13.7. The Kier molecular flexibility index (Phi) is 5.06. The zero-order chi connectivity index (χ0) is 20.9. The average molecular weight is 474 g/mol. The molecule has 0 spiro atoms. The molecule has 0 unspecified atom stereocenters. The Balaban J connectivity index is 1.64. The summed E-state index contributed by atoms with van der Waals surface area (Å²) in [5.41, 5.74) is 0.530. The zero-order valence-corrected chi connectivity index (χ0v) is 17.1. The summed E-state index contributed by atoms with van der Waals surface area (Å²) >= 11 is 2.96. The van der Waals surface area contributed by atoms with E-state index in [2.05, 4.69) is 31.3 Å². The summed E-state index contributed by atoms with van der Waals surface area (Å²) in [6, 6.07) is 0.408. The van der Waals surface area contributed by atoms with Gasteiger partial charge in [0.2, 0.25) is 0 Å². The van der Waals surface area contributed by atoms with Gasteiger partial charge >= 0.3 is 6.03 Å². The van der Waals surface area contributed by atoms with Crippen molar-refractivity contribution in [2.24, 2.45) is 0 Å². The van der Waals surface area contributed by atoms with Crippen molar-refractivity contribution in [3.05, 3.63) is 39.6 Å². The number of anilines is 1. The van der Waals surface area contributed by atoms with Crippen LogP contribution in [-0.2, 0) is 25.4 Å². The van der Waals surface area contributed by atoms with E-state index >= 15 is 0 Å². The SMILES string of the molecule is C[C@@H]1Cc2nn3c(c2CN1C(=O)Nc1ccnc(Br)c1F)C(F)(F)C[C@@H](O)CC3. The van der Waals surface area contributed by atoms with Crippen LogP contribution < -0.4 is 5.32 Å². The first kappa shape index (κ1) is 20.1. The third-order valence-electron chi connectivity index (χ3n) is 5.34. The van der Waals surface area contributed by atoms with E-state index in [9.17, 15) is 23.1 Å². The molecule has 4 rings (SSSR count). The summed E-state index contributed by atoms with van der Waals surface area (Å²) in [6.07, 6.45) is 0.0493. The largest absolute Gasteiger partial charge is 0.393 e. The van der Waals surface area contributed by atoms with E-state index in [0.29, 0.717) is 17.7 Å². The van der Waals surface area contributed by atoms with Gasteiger partial charge in [0.05, 0.1) is 24.0 Å². The molecule has 0 radical (unpaired) electrons. The van der Waals surface area contributed by atoms with E-state index in [1.54, 1.807) is 6.92 Å². The van der Waals surface area contributed by atoms with Crippen molar-refractivity contribution < 1.29 is 23.1 Å². The predicted octanol–water partition coefficient (Wildman–Crippen LogP) is 3.40. The maximum absolute atomic E-state index is 14.8. The maximum atomic E-state index is 14.8. The quantitative estimate of drug-likeness (QED) is 0.621. The third kappa shape index (κ3) is 3.61. The minimum atomic E-state index is -3.25. The number of hydrogen-bond donors (Lipinski definition) is 2. The Morgan fingerprint density at radius 2 is 2.21 bits per heavy atom. The fourth-order valence-electron chi connectivity index (χ4n) is 3.91. The third-order valence-corrected chi connectivity index (χ3v) is 5.90. The lowest BCUT2D eigenvalue weighted by Crippen LogP contribution is -2.45. The molecule has 11 heteroatoms. The molecule has 2 aromatic rings. The summed E-state index contributed by atoms with van der Waals surface area (Å²) in [6.45, 7) is 1.90. The van der Waals surface area contributed by atoms with Crippen LogP contribution in [0.1, 0.15) is 36.7 Å². The number of carbonyl (C=O) groups excluding carboxylic acids is 1. The highest BCUT2D eigenvalue weighted by atomic mass is 79.9. The van der Waals surface area contributed by atoms with E-state index in [1.807, 2.05) is 0 Å². The van der Waals surface area contributed by atoms with E-state index in [0.717, 1.165) is 0 Å². The van der Waals surface area contributed by atoms with Crippen LogP contribution in [0.3, 0.4) is 0 Å². The number of rotatable bonds is 1. The Labute approximate surface area is 173 Å².